The highest BCUT2D eigenvalue weighted by Crippen LogP contribution is 2.22. The predicted molar refractivity (Wildman–Crippen MR) is 77.2 cm³/mol. The topological polar surface area (TPSA) is 111 Å². The summed E-state index contributed by atoms with van der Waals surface area (Å²) in [7, 11) is 1.62. The first-order chi connectivity index (χ1) is 9.70. The van der Waals surface area contributed by atoms with E-state index in [0.717, 1.165) is 0 Å². The molecule has 0 radical (unpaired) electrons. The minimum Gasteiger partial charge on any atom is -0.444 e. The van der Waals surface area contributed by atoms with Gasteiger partial charge in [0.1, 0.15) is 11.8 Å². The van der Waals surface area contributed by atoms with Gasteiger partial charge in [-0.15, -0.1) is 0 Å². The number of hydrogen-bond acceptors (Lipinski definition) is 6. The second-order valence-electron chi connectivity index (χ2n) is 5.47. The van der Waals surface area contributed by atoms with Crippen molar-refractivity contribution in [3.05, 3.63) is 16.3 Å². The lowest BCUT2D eigenvalue weighted by Gasteiger charge is -2.19. The number of aromatic nitrogens is 2. The number of nitrogens with one attached hydrogen (secondary N) is 2. The molecule has 0 aliphatic carbocycles. The summed E-state index contributed by atoms with van der Waals surface area (Å²) >= 11 is 0. The Morgan fingerprint density at radius 1 is 1.48 bits per heavy atom. The third-order valence-electron chi connectivity index (χ3n) is 2.43. The van der Waals surface area contributed by atoms with Crippen LogP contribution in [0, 0.1) is 10.1 Å². The monoisotopic (exact) mass is 299 g/mol. The molecule has 1 heterocycles. The zero-order chi connectivity index (χ0) is 16.0. The standard InChI is InChI=1S/C12H21N5O4/c1-12(2,3)21-11(18)14-7-5-6-13-10-9(17(19)20)8-15-16(10)4/h8,13H,5-7H2,1-4H3,(H,14,18). The van der Waals surface area contributed by atoms with Crippen molar-refractivity contribution >= 4 is 17.6 Å². The Bertz CT molecular complexity index is 506. The molecule has 0 fully saturated rings. The first-order valence-electron chi connectivity index (χ1n) is 6.58. The molecule has 0 aliphatic heterocycles. The Morgan fingerprint density at radius 3 is 2.71 bits per heavy atom. The van der Waals surface area contributed by atoms with Crippen molar-refractivity contribution in [2.45, 2.75) is 32.8 Å². The van der Waals surface area contributed by atoms with Crippen molar-refractivity contribution in [3.8, 4) is 0 Å². The zero-order valence-electron chi connectivity index (χ0n) is 12.7. The smallest absolute Gasteiger partial charge is 0.407 e. The van der Waals surface area contributed by atoms with E-state index in [4.69, 9.17) is 4.74 Å². The highest BCUT2D eigenvalue weighted by Gasteiger charge is 2.18. The third-order valence-corrected chi connectivity index (χ3v) is 2.43. The van der Waals surface area contributed by atoms with Crippen LogP contribution >= 0.6 is 0 Å². The van der Waals surface area contributed by atoms with Crippen LogP contribution in [0.3, 0.4) is 0 Å². The molecule has 0 atom stereocenters. The molecule has 1 aromatic heterocycles. The fourth-order valence-electron chi connectivity index (χ4n) is 1.56. The van der Waals surface area contributed by atoms with Crippen LogP contribution in [0.25, 0.3) is 0 Å². The normalized spacial score (nSPS) is 11.0. The van der Waals surface area contributed by atoms with E-state index in [2.05, 4.69) is 15.7 Å². The molecule has 1 amide bonds. The molecule has 21 heavy (non-hydrogen) atoms. The minimum absolute atomic E-state index is 0.0717. The summed E-state index contributed by atoms with van der Waals surface area (Å²) in [5, 5.41) is 20.2. The van der Waals surface area contributed by atoms with Gasteiger partial charge in [0.05, 0.1) is 4.92 Å². The van der Waals surface area contributed by atoms with E-state index in [-0.39, 0.29) is 5.69 Å². The van der Waals surface area contributed by atoms with Gasteiger partial charge in [0.15, 0.2) is 0 Å². The first-order valence-corrected chi connectivity index (χ1v) is 6.58. The van der Waals surface area contributed by atoms with E-state index in [1.807, 2.05) is 0 Å². The Kier molecular flexibility index (Phi) is 5.51. The van der Waals surface area contributed by atoms with Gasteiger partial charge in [-0.3, -0.25) is 10.1 Å². The van der Waals surface area contributed by atoms with Gasteiger partial charge in [-0.25, -0.2) is 9.48 Å². The summed E-state index contributed by atoms with van der Waals surface area (Å²) in [6.45, 7) is 6.24. The van der Waals surface area contributed by atoms with Gasteiger partial charge in [-0.1, -0.05) is 0 Å². The molecule has 0 spiro atoms. The SMILES string of the molecule is Cn1ncc([N+](=O)[O-])c1NCCCNC(=O)OC(C)(C)C. The Balaban J connectivity index is 2.31. The molecular formula is C12H21N5O4. The lowest BCUT2D eigenvalue weighted by atomic mass is 10.2. The van der Waals surface area contributed by atoms with E-state index in [9.17, 15) is 14.9 Å². The third kappa shape index (κ3) is 5.67. The van der Waals surface area contributed by atoms with Crippen molar-refractivity contribution in [3.63, 3.8) is 0 Å². The molecule has 1 aromatic rings. The second-order valence-corrected chi connectivity index (χ2v) is 5.47. The zero-order valence-corrected chi connectivity index (χ0v) is 12.7. The van der Waals surface area contributed by atoms with Gasteiger partial charge in [0.25, 0.3) is 0 Å². The van der Waals surface area contributed by atoms with Gasteiger partial charge >= 0.3 is 11.8 Å². The maximum absolute atomic E-state index is 11.4. The summed E-state index contributed by atoms with van der Waals surface area (Å²) in [6, 6.07) is 0. The summed E-state index contributed by atoms with van der Waals surface area (Å²) in [5.41, 5.74) is -0.602. The van der Waals surface area contributed by atoms with Crippen molar-refractivity contribution in [2.75, 3.05) is 18.4 Å². The minimum atomic E-state index is -0.530. The van der Waals surface area contributed by atoms with Crippen LogP contribution < -0.4 is 10.6 Å². The quantitative estimate of drug-likeness (QED) is 0.469. The van der Waals surface area contributed by atoms with Crippen LogP contribution in [0.5, 0.6) is 0 Å². The van der Waals surface area contributed by atoms with E-state index in [0.29, 0.717) is 25.3 Å². The van der Waals surface area contributed by atoms with Crippen molar-refractivity contribution in [1.82, 2.24) is 15.1 Å². The number of alkyl carbamates (subject to hydrolysis) is 1. The molecule has 0 saturated heterocycles. The number of aryl methyl sites for hydroxylation is 1. The highest BCUT2D eigenvalue weighted by molar-refractivity contribution is 5.67. The average Bonchev–Trinajstić information content (AvgIpc) is 2.68. The largest absolute Gasteiger partial charge is 0.444 e. The molecule has 1 rings (SSSR count). The molecule has 9 nitrogen and oxygen atoms in total. The molecular weight excluding hydrogens is 278 g/mol. The molecule has 9 heteroatoms. The molecule has 2 N–H and O–H groups in total. The van der Waals surface area contributed by atoms with Gasteiger partial charge in [0, 0.05) is 20.1 Å². The van der Waals surface area contributed by atoms with Crippen LogP contribution in [0.2, 0.25) is 0 Å². The van der Waals surface area contributed by atoms with Crippen LogP contribution in [0.4, 0.5) is 16.3 Å². The van der Waals surface area contributed by atoms with E-state index in [1.54, 1.807) is 27.8 Å². The lowest BCUT2D eigenvalue weighted by Crippen LogP contribution is -2.33. The highest BCUT2D eigenvalue weighted by atomic mass is 16.6. The fourth-order valence-corrected chi connectivity index (χ4v) is 1.56. The Morgan fingerprint density at radius 2 is 2.14 bits per heavy atom. The molecule has 0 aromatic carbocycles. The fraction of sp³-hybridized carbons (Fsp3) is 0.667. The Labute approximate surface area is 122 Å². The maximum Gasteiger partial charge on any atom is 0.407 e. The van der Waals surface area contributed by atoms with Crippen LogP contribution in [-0.2, 0) is 11.8 Å². The summed E-state index contributed by atoms with van der Waals surface area (Å²) in [4.78, 5) is 21.7. The van der Waals surface area contributed by atoms with Crippen LogP contribution in [-0.4, -0.2) is 39.5 Å². The molecule has 0 unspecified atom stereocenters. The lowest BCUT2D eigenvalue weighted by molar-refractivity contribution is -0.384. The number of hydrogen-bond donors (Lipinski definition) is 2. The molecule has 0 bridgehead atoms. The van der Waals surface area contributed by atoms with Gasteiger partial charge in [-0.05, 0) is 27.2 Å². The number of nitro groups is 1. The second kappa shape index (κ2) is 6.91. The van der Waals surface area contributed by atoms with Gasteiger partial charge < -0.3 is 15.4 Å². The van der Waals surface area contributed by atoms with Gasteiger partial charge in [-0.2, -0.15) is 5.10 Å². The van der Waals surface area contributed by atoms with Crippen molar-refractivity contribution in [2.24, 2.45) is 7.05 Å². The molecule has 118 valence electrons. The molecule has 0 saturated carbocycles. The number of anilines is 1. The number of carbonyl (C=O) groups is 1. The summed E-state index contributed by atoms with van der Waals surface area (Å²) in [5.74, 6) is 0.345. The maximum atomic E-state index is 11.4. The van der Waals surface area contributed by atoms with Crippen LogP contribution in [0.15, 0.2) is 6.20 Å². The van der Waals surface area contributed by atoms with Crippen molar-refractivity contribution < 1.29 is 14.5 Å². The molecule has 0 aliphatic rings. The number of ether oxygens (including phenoxy) is 1. The average molecular weight is 299 g/mol. The number of rotatable bonds is 6. The van der Waals surface area contributed by atoms with Crippen molar-refractivity contribution in [1.29, 1.82) is 0 Å². The Hall–Kier alpha value is -2.32. The van der Waals surface area contributed by atoms with Crippen LogP contribution in [0.1, 0.15) is 27.2 Å². The van der Waals surface area contributed by atoms with E-state index >= 15 is 0 Å². The number of carbonyl (C=O) groups excluding carboxylic acids is 1. The van der Waals surface area contributed by atoms with E-state index < -0.39 is 16.6 Å². The summed E-state index contributed by atoms with van der Waals surface area (Å²) in [6.07, 6.45) is 1.32. The number of nitrogens with zero attached hydrogens (tertiary/aromatic N) is 3. The summed E-state index contributed by atoms with van der Waals surface area (Å²) < 4.78 is 6.49. The number of amides is 1. The predicted octanol–water partition coefficient (Wildman–Crippen LogP) is 1.65. The first kappa shape index (κ1) is 16.7. The van der Waals surface area contributed by atoms with E-state index in [1.165, 1.54) is 10.9 Å². The van der Waals surface area contributed by atoms with Gasteiger partial charge in [0.2, 0.25) is 5.82 Å².